The third kappa shape index (κ3) is 24.6. The summed E-state index contributed by atoms with van der Waals surface area (Å²) in [4.78, 5) is 163. The van der Waals surface area contributed by atoms with Gasteiger partial charge in [-0.05, 0) is 145 Å². The number of likely N-dealkylation sites (N-methyl/N-ethyl adjacent to an activating group) is 5. The van der Waals surface area contributed by atoms with Gasteiger partial charge in [0.15, 0.2) is 6.04 Å². The quantitative estimate of drug-likeness (QED) is 0.0333. The molecule has 26 heteroatoms. The van der Waals surface area contributed by atoms with Gasteiger partial charge in [0.1, 0.15) is 61.0 Å². The standard InChI is InChI=1S/C76H122N10O16/c1-25-26-31-46(12)64(88)63(69(93)81-60(49(15)87)74(98)99)85(23)73(97)61(45(10)11)84(22)72(96)57(37-42(4)5)79-67(91)59(39-44(8)9)82(20)70(94)48(14)78-65(89)47(13)77-66(90)58(38-43(6)7)83(21)71(95)56(36-41(2)3)80-68(92)62(50(16)102-76(17,18)19)86(24)75(100)101-40-55-53-34-29-27-32-51(53)52-33-28-30-35-54(52)55/h25-30,32-35,41-50,55-64,87-88H,31,36-40H2,1-24H3,(H,77,90)(H,78,89)(H,79,91)(H,80,92)(H,81,93)(H,98,99)/t46-,47+,48-,49-,50?,56+,57+,58+,59+,60+,61+,62+,63+,64-/m1/s1. The van der Waals surface area contributed by atoms with Gasteiger partial charge in [0.25, 0.3) is 0 Å². The average Bonchev–Trinajstić information content (AvgIpc) is 1.60. The second-order valence-electron chi connectivity index (χ2n) is 30.7. The molecule has 0 aromatic heterocycles. The van der Waals surface area contributed by atoms with E-state index < -0.39 is 161 Å². The second kappa shape index (κ2) is 39.6. The Labute approximate surface area is 605 Å². The molecule has 10 amide bonds. The Bertz CT molecular complexity index is 3170. The van der Waals surface area contributed by atoms with E-state index >= 15 is 0 Å². The van der Waals surface area contributed by atoms with Crippen LogP contribution < -0.4 is 26.6 Å². The number of carboxylic acid groups (broad SMARTS) is 1. The number of carboxylic acids is 1. The Kier molecular flexibility index (Phi) is 34.3. The molecule has 572 valence electrons. The van der Waals surface area contributed by atoms with Crippen LogP contribution in [0.3, 0.4) is 0 Å². The van der Waals surface area contributed by atoms with Crippen LogP contribution in [0.2, 0.25) is 0 Å². The first-order valence-electron chi connectivity index (χ1n) is 35.9. The predicted molar refractivity (Wildman–Crippen MR) is 391 cm³/mol. The Morgan fingerprint density at radius 1 is 0.500 bits per heavy atom. The number of ether oxygens (including phenoxy) is 2. The van der Waals surface area contributed by atoms with E-state index in [0.717, 1.165) is 32.1 Å². The molecule has 102 heavy (non-hydrogen) atoms. The molecule has 0 fully saturated rings. The summed E-state index contributed by atoms with van der Waals surface area (Å²) < 4.78 is 12.3. The van der Waals surface area contributed by atoms with Gasteiger partial charge in [0.05, 0.1) is 23.9 Å². The van der Waals surface area contributed by atoms with Crippen LogP contribution in [0.1, 0.15) is 181 Å². The molecule has 0 aliphatic heterocycles. The lowest BCUT2D eigenvalue weighted by Crippen LogP contribution is -2.63. The molecule has 0 saturated heterocycles. The number of rotatable bonds is 38. The summed E-state index contributed by atoms with van der Waals surface area (Å²) in [5.74, 6) is -10.5. The second-order valence-corrected chi connectivity index (χ2v) is 30.7. The van der Waals surface area contributed by atoms with Crippen molar-refractivity contribution < 1.29 is 77.5 Å². The van der Waals surface area contributed by atoms with E-state index in [9.17, 15) is 68.1 Å². The molecule has 0 bridgehead atoms. The summed E-state index contributed by atoms with van der Waals surface area (Å²) in [5.41, 5.74) is 3.34. The average molecular weight is 1430 g/mol. The van der Waals surface area contributed by atoms with Crippen LogP contribution in [-0.4, -0.2) is 231 Å². The summed E-state index contributed by atoms with van der Waals surface area (Å²) >= 11 is 0. The van der Waals surface area contributed by atoms with Crippen LogP contribution in [0.15, 0.2) is 60.7 Å². The Morgan fingerprint density at radius 3 is 1.36 bits per heavy atom. The zero-order chi connectivity index (χ0) is 77.9. The van der Waals surface area contributed by atoms with Crippen molar-refractivity contribution in [2.75, 3.05) is 41.8 Å². The Balaban J connectivity index is 1.87. The van der Waals surface area contributed by atoms with Crippen LogP contribution in [0.5, 0.6) is 0 Å². The first-order valence-corrected chi connectivity index (χ1v) is 35.9. The highest BCUT2D eigenvalue weighted by Crippen LogP contribution is 2.44. The molecule has 0 saturated carbocycles. The van der Waals surface area contributed by atoms with Gasteiger partial charge in [-0.2, -0.15) is 0 Å². The molecule has 14 atom stereocenters. The fourth-order valence-electron chi connectivity index (χ4n) is 13.1. The normalized spacial score (nSPS) is 16.5. The maximum absolute atomic E-state index is 14.9. The number of benzene rings is 2. The van der Waals surface area contributed by atoms with E-state index in [-0.39, 0.29) is 68.3 Å². The van der Waals surface area contributed by atoms with Crippen LogP contribution >= 0.6 is 0 Å². The SMILES string of the molecule is CC=CC[C@@H](C)[C@@H](O)[C@@H](C(=O)N[C@H](C(=O)O)[C@@H](C)O)N(C)C(=O)[C@H](C(C)C)N(C)C(=O)[C@H](CC(C)C)NC(=O)[C@H](CC(C)C)N(C)C(=O)[C@@H](C)NC(=O)[C@H](C)NC(=O)[C@H](CC(C)C)N(C)C(=O)[C@H](CC(C)C)NC(=O)[C@H](C(C)OC(C)(C)C)N(C)C(=O)OCC1c2ccccc2-c2ccccc21. The minimum atomic E-state index is -1.79. The molecule has 0 spiro atoms. The number of aliphatic carboxylic acids is 1. The number of hydrogen-bond acceptors (Lipinski definition) is 15. The zero-order valence-electron chi connectivity index (χ0n) is 64.9. The molecule has 1 aliphatic rings. The van der Waals surface area contributed by atoms with Crippen molar-refractivity contribution in [1.29, 1.82) is 0 Å². The van der Waals surface area contributed by atoms with Gasteiger partial charge in [0.2, 0.25) is 53.2 Å². The molecule has 2 aromatic rings. The zero-order valence-corrected chi connectivity index (χ0v) is 64.9. The number of fused-ring (bicyclic) bond motifs is 3. The summed E-state index contributed by atoms with van der Waals surface area (Å²) in [6, 6.07) is 2.34. The number of aliphatic hydroxyl groups is 2. The number of carbonyl (C=O) groups is 11. The van der Waals surface area contributed by atoms with Gasteiger partial charge in [-0.3, -0.25) is 48.1 Å². The van der Waals surface area contributed by atoms with Crippen LogP contribution in [0.4, 0.5) is 4.79 Å². The van der Waals surface area contributed by atoms with E-state index in [4.69, 9.17) is 9.47 Å². The van der Waals surface area contributed by atoms with E-state index in [0.29, 0.717) is 0 Å². The number of nitrogens with zero attached hydrogens (tertiary/aromatic N) is 5. The molecule has 2 aromatic carbocycles. The molecule has 1 aliphatic carbocycles. The van der Waals surface area contributed by atoms with Crippen molar-refractivity contribution >= 4 is 65.2 Å². The lowest BCUT2D eigenvalue weighted by molar-refractivity contribution is -0.155. The van der Waals surface area contributed by atoms with E-state index in [2.05, 4.69) is 26.6 Å². The van der Waals surface area contributed by atoms with Gasteiger partial charge < -0.3 is 71.0 Å². The molecule has 8 N–H and O–H groups in total. The first kappa shape index (κ1) is 88.2. The summed E-state index contributed by atoms with van der Waals surface area (Å²) in [6.45, 7) is 32.6. The maximum Gasteiger partial charge on any atom is 0.410 e. The lowest BCUT2D eigenvalue weighted by atomic mass is 9.91. The predicted octanol–water partition coefficient (Wildman–Crippen LogP) is 6.48. The minimum absolute atomic E-state index is 0.0124. The molecule has 3 rings (SSSR count). The first-order chi connectivity index (χ1) is 47.3. The summed E-state index contributed by atoms with van der Waals surface area (Å²) in [7, 11) is 6.90. The number of nitrogens with one attached hydrogen (secondary N) is 5. The summed E-state index contributed by atoms with van der Waals surface area (Å²) in [5, 5.41) is 45.1. The van der Waals surface area contributed by atoms with Crippen molar-refractivity contribution in [3.8, 4) is 11.1 Å². The maximum atomic E-state index is 14.9. The van der Waals surface area contributed by atoms with Crippen molar-refractivity contribution in [2.45, 2.75) is 254 Å². The molecular weight excluding hydrogens is 1310 g/mol. The summed E-state index contributed by atoms with van der Waals surface area (Å²) in [6.07, 6.45) is -0.589. The number of carbonyl (C=O) groups excluding carboxylic acids is 10. The van der Waals surface area contributed by atoms with Crippen molar-refractivity contribution in [3.63, 3.8) is 0 Å². The third-order valence-electron chi connectivity index (χ3n) is 18.4. The smallest absolute Gasteiger partial charge is 0.410 e. The highest BCUT2D eigenvalue weighted by atomic mass is 16.6. The highest BCUT2D eigenvalue weighted by molar-refractivity contribution is 5.99. The van der Waals surface area contributed by atoms with E-state index in [1.807, 2.05) is 125 Å². The number of hydrogen-bond donors (Lipinski definition) is 8. The molecular formula is C76H122N10O16. The van der Waals surface area contributed by atoms with Gasteiger partial charge in [-0.1, -0.05) is 137 Å². The highest BCUT2D eigenvalue weighted by Gasteiger charge is 2.46. The van der Waals surface area contributed by atoms with Gasteiger partial charge in [0, 0.05) is 41.2 Å². The monoisotopic (exact) mass is 1430 g/mol. The Hall–Kier alpha value is -7.97. The van der Waals surface area contributed by atoms with Gasteiger partial charge >= 0.3 is 12.1 Å². The Morgan fingerprint density at radius 2 is 0.922 bits per heavy atom. The van der Waals surface area contributed by atoms with Gasteiger partial charge in [-0.15, -0.1) is 0 Å². The van der Waals surface area contributed by atoms with Crippen molar-refractivity contribution in [3.05, 3.63) is 71.8 Å². The molecule has 0 radical (unpaired) electrons. The molecule has 1 unspecified atom stereocenters. The number of aliphatic hydroxyl groups excluding tert-OH is 2. The lowest BCUT2D eigenvalue weighted by Gasteiger charge is -2.40. The van der Waals surface area contributed by atoms with Crippen LogP contribution in [0, 0.1) is 35.5 Å². The number of amides is 10. The number of allylic oxidation sites excluding steroid dienone is 2. The van der Waals surface area contributed by atoms with Crippen LogP contribution in [-0.2, 0) is 57.4 Å². The van der Waals surface area contributed by atoms with E-state index in [1.54, 1.807) is 46.8 Å². The molecule has 26 nitrogen and oxygen atoms in total. The minimum Gasteiger partial charge on any atom is -0.480 e. The van der Waals surface area contributed by atoms with Crippen molar-refractivity contribution in [2.24, 2.45) is 35.5 Å². The van der Waals surface area contributed by atoms with Crippen molar-refractivity contribution in [1.82, 2.24) is 51.1 Å². The third-order valence-corrected chi connectivity index (χ3v) is 18.4. The largest absolute Gasteiger partial charge is 0.480 e. The van der Waals surface area contributed by atoms with E-state index in [1.165, 1.54) is 70.7 Å². The van der Waals surface area contributed by atoms with Gasteiger partial charge in [-0.25, -0.2) is 9.59 Å². The van der Waals surface area contributed by atoms with Crippen LogP contribution in [0.25, 0.3) is 11.1 Å². The fraction of sp³-hybridized carbons (Fsp3) is 0.671. The topological polar surface area (TPSA) is 343 Å². The molecule has 0 heterocycles. The fourth-order valence-corrected chi connectivity index (χ4v) is 13.1.